The molecule has 2 heteroatoms. The van der Waals surface area contributed by atoms with Crippen molar-refractivity contribution in [1.82, 2.24) is 10.2 Å². The van der Waals surface area contributed by atoms with Gasteiger partial charge in [-0.25, -0.2) is 0 Å². The van der Waals surface area contributed by atoms with Gasteiger partial charge in [-0.1, -0.05) is 31.2 Å². The van der Waals surface area contributed by atoms with Crippen LogP contribution in [0.1, 0.15) is 50.2 Å². The first-order valence-electron chi connectivity index (χ1n) is 8.33. The lowest BCUT2D eigenvalue weighted by Crippen LogP contribution is -2.24. The maximum atomic E-state index is 3.61. The molecule has 1 saturated heterocycles. The van der Waals surface area contributed by atoms with Crippen molar-refractivity contribution in [2.24, 2.45) is 5.92 Å². The van der Waals surface area contributed by atoms with Crippen LogP contribution in [0.3, 0.4) is 0 Å². The van der Waals surface area contributed by atoms with E-state index in [1.807, 2.05) is 0 Å². The third-order valence-corrected chi connectivity index (χ3v) is 4.68. The highest BCUT2D eigenvalue weighted by Gasteiger charge is 2.20. The minimum absolute atomic E-state index is 0.797. The molecular weight excluding hydrogens is 244 g/mol. The minimum atomic E-state index is 0.797. The van der Waals surface area contributed by atoms with Crippen LogP contribution in [0.25, 0.3) is 0 Å². The Labute approximate surface area is 123 Å². The fraction of sp³-hybridized carbons (Fsp3) is 0.667. The Morgan fingerprint density at radius 3 is 2.80 bits per heavy atom. The Morgan fingerprint density at radius 2 is 1.95 bits per heavy atom. The normalized spacial score (nSPS) is 24.6. The average Bonchev–Trinajstić information content (AvgIpc) is 3.27. The molecule has 0 bridgehead atoms. The van der Waals surface area contributed by atoms with Crippen LogP contribution in [0, 0.1) is 5.92 Å². The Hall–Kier alpha value is -0.860. The number of nitrogens with one attached hydrogen (secondary N) is 1. The van der Waals surface area contributed by atoms with Gasteiger partial charge < -0.3 is 5.32 Å². The van der Waals surface area contributed by atoms with E-state index in [2.05, 4.69) is 41.4 Å². The zero-order chi connectivity index (χ0) is 13.8. The van der Waals surface area contributed by atoms with Crippen molar-refractivity contribution >= 4 is 0 Å². The van der Waals surface area contributed by atoms with Crippen molar-refractivity contribution in [3.63, 3.8) is 0 Å². The third-order valence-electron chi connectivity index (χ3n) is 4.68. The summed E-state index contributed by atoms with van der Waals surface area (Å²) in [7, 11) is 0. The van der Waals surface area contributed by atoms with Crippen LogP contribution < -0.4 is 5.32 Å². The van der Waals surface area contributed by atoms with Crippen molar-refractivity contribution in [2.75, 3.05) is 13.1 Å². The molecule has 3 rings (SSSR count). The van der Waals surface area contributed by atoms with Gasteiger partial charge in [-0.05, 0) is 62.2 Å². The maximum absolute atomic E-state index is 3.61. The summed E-state index contributed by atoms with van der Waals surface area (Å²) in [6, 6.07) is 9.95. The first kappa shape index (κ1) is 14.1. The Morgan fingerprint density at radius 1 is 1.10 bits per heavy atom. The van der Waals surface area contributed by atoms with Crippen LogP contribution in [-0.2, 0) is 13.1 Å². The van der Waals surface area contributed by atoms with Crippen molar-refractivity contribution in [1.29, 1.82) is 0 Å². The summed E-state index contributed by atoms with van der Waals surface area (Å²) < 4.78 is 0. The molecule has 1 aliphatic heterocycles. The maximum Gasteiger partial charge on any atom is 0.0233 e. The third kappa shape index (κ3) is 4.32. The molecule has 1 heterocycles. The second-order valence-electron chi connectivity index (χ2n) is 6.79. The molecule has 0 amide bonds. The molecule has 1 aromatic carbocycles. The highest BCUT2D eigenvalue weighted by molar-refractivity contribution is 5.23. The van der Waals surface area contributed by atoms with Crippen LogP contribution in [0.5, 0.6) is 0 Å². The van der Waals surface area contributed by atoms with Crippen LogP contribution in [0.2, 0.25) is 0 Å². The lowest BCUT2D eigenvalue weighted by atomic mass is 10.0. The predicted molar refractivity (Wildman–Crippen MR) is 84.6 cm³/mol. The molecule has 110 valence electrons. The van der Waals surface area contributed by atoms with Crippen LogP contribution in [-0.4, -0.2) is 24.0 Å². The molecule has 1 aliphatic carbocycles. The van der Waals surface area contributed by atoms with Crippen molar-refractivity contribution < 1.29 is 0 Å². The van der Waals surface area contributed by atoms with Crippen molar-refractivity contribution in [3.05, 3.63) is 35.4 Å². The van der Waals surface area contributed by atoms with E-state index in [1.165, 1.54) is 56.3 Å². The van der Waals surface area contributed by atoms with E-state index in [4.69, 9.17) is 0 Å². The van der Waals surface area contributed by atoms with E-state index in [9.17, 15) is 0 Å². The van der Waals surface area contributed by atoms with Gasteiger partial charge in [-0.3, -0.25) is 4.90 Å². The van der Waals surface area contributed by atoms with Crippen LogP contribution in [0.15, 0.2) is 24.3 Å². The summed E-state index contributed by atoms with van der Waals surface area (Å²) in [6.45, 7) is 7.10. The van der Waals surface area contributed by atoms with Gasteiger partial charge in [0.25, 0.3) is 0 Å². The highest BCUT2D eigenvalue weighted by atomic mass is 15.1. The predicted octanol–water partition coefficient (Wildman–Crippen LogP) is 3.56. The lowest BCUT2D eigenvalue weighted by molar-refractivity contribution is 0.273. The molecule has 0 aromatic heterocycles. The van der Waals surface area contributed by atoms with E-state index in [0.29, 0.717) is 0 Å². The van der Waals surface area contributed by atoms with E-state index >= 15 is 0 Å². The first-order valence-corrected chi connectivity index (χ1v) is 8.33. The molecule has 1 unspecified atom stereocenters. The Bertz CT molecular complexity index is 425. The largest absolute Gasteiger partial charge is 0.310 e. The topological polar surface area (TPSA) is 15.3 Å². The van der Waals surface area contributed by atoms with Gasteiger partial charge in [-0.2, -0.15) is 0 Å². The second kappa shape index (κ2) is 6.73. The number of benzene rings is 1. The number of hydrogen-bond acceptors (Lipinski definition) is 2. The van der Waals surface area contributed by atoms with Gasteiger partial charge in [0.2, 0.25) is 0 Å². The first-order chi connectivity index (χ1) is 9.79. The molecule has 20 heavy (non-hydrogen) atoms. The molecule has 0 spiro atoms. The standard InChI is InChI=1S/C18H28N2/c1-15-4-3-10-20(11-9-15)14-17-6-2-5-16(12-17)13-19-18-7-8-18/h2,5-6,12,15,18-19H,3-4,7-11,13-14H2,1H3. The molecule has 2 fully saturated rings. The van der Waals surface area contributed by atoms with E-state index in [-0.39, 0.29) is 0 Å². The van der Waals surface area contributed by atoms with Gasteiger partial charge in [0.1, 0.15) is 0 Å². The lowest BCUT2D eigenvalue weighted by Gasteiger charge is -2.20. The van der Waals surface area contributed by atoms with Crippen molar-refractivity contribution in [3.8, 4) is 0 Å². The quantitative estimate of drug-likeness (QED) is 0.881. The van der Waals surface area contributed by atoms with Gasteiger partial charge in [-0.15, -0.1) is 0 Å². The second-order valence-corrected chi connectivity index (χ2v) is 6.79. The minimum Gasteiger partial charge on any atom is -0.310 e. The fourth-order valence-corrected chi connectivity index (χ4v) is 3.13. The van der Waals surface area contributed by atoms with E-state index in [1.54, 1.807) is 0 Å². The molecule has 1 N–H and O–H groups in total. The summed E-state index contributed by atoms with van der Waals surface area (Å²) in [4.78, 5) is 2.64. The van der Waals surface area contributed by atoms with Crippen molar-refractivity contribution in [2.45, 2.75) is 58.2 Å². The molecule has 1 saturated carbocycles. The molecule has 0 radical (unpaired) electrons. The molecule has 1 aromatic rings. The highest BCUT2D eigenvalue weighted by Crippen LogP contribution is 2.20. The Kier molecular flexibility index (Phi) is 4.74. The van der Waals surface area contributed by atoms with Crippen LogP contribution in [0.4, 0.5) is 0 Å². The van der Waals surface area contributed by atoms with Crippen LogP contribution >= 0.6 is 0 Å². The smallest absolute Gasteiger partial charge is 0.0233 e. The number of hydrogen-bond donors (Lipinski definition) is 1. The Balaban J connectivity index is 1.54. The monoisotopic (exact) mass is 272 g/mol. The van der Waals surface area contributed by atoms with Gasteiger partial charge in [0, 0.05) is 19.1 Å². The molecular formula is C18H28N2. The average molecular weight is 272 g/mol. The van der Waals surface area contributed by atoms with Gasteiger partial charge in [0.05, 0.1) is 0 Å². The van der Waals surface area contributed by atoms with E-state index < -0.39 is 0 Å². The summed E-state index contributed by atoms with van der Waals surface area (Å²) in [5.74, 6) is 0.911. The molecule has 1 atom stereocenters. The SMILES string of the molecule is CC1CCCN(Cc2cccc(CNC3CC3)c2)CC1. The number of likely N-dealkylation sites (tertiary alicyclic amines) is 1. The number of nitrogens with zero attached hydrogens (tertiary/aromatic N) is 1. The van der Waals surface area contributed by atoms with E-state index in [0.717, 1.165) is 25.0 Å². The summed E-state index contributed by atoms with van der Waals surface area (Å²) in [6.07, 6.45) is 6.87. The summed E-state index contributed by atoms with van der Waals surface area (Å²) in [5.41, 5.74) is 2.92. The number of rotatable bonds is 5. The summed E-state index contributed by atoms with van der Waals surface area (Å²) >= 11 is 0. The molecule has 2 aliphatic rings. The summed E-state index contributed by atoms with van der Waals surface area (Å²) in [5, 5.41) is 3.61. The van der Waals surface area contributed by atoms with Gasteiger partial charge >= 0.3 is 0 Å². The molecule has 2 nitrogen and oxygen atoms in total. The fourth-order valence-electron chi connectivity index (χ4n) is 3.13. The van der Waals surface area contributed by atoms with Gasteiger partial charge in [0.15, 0.2) is 0 Å². The zero-order valence-electron chi connectivity index (χ0n) is 12.8. The zero-order valence-corrected chi connectivity index (χ0v) is 12.8.